The molecule has 13 nitrogen and oxygen atoms in total. The van der Waals surface area contributed by atoms with Gasteiger partial charge < -0.3 is 29.2 Å². The standard InChI is InChI=1S/C21H18N2O.C21H19NO3.C14H15NO2.C7H5ClO.H4N2/c24-18-12-22-20(14-6-2-1-3-7-14)19(18)17-13-23-11-5-9-15-8-4-10-16(17)21(15)23;23-13-18(24)19(21(25)15-6-2-1-3-7-15)17-12-22-11-5-9-14-8-4-10-16(17)20(14)22;16-9-12(17)7-11-8-15-6-2-4-10-3-1-5-13(11)14(10)15;8-7(9)6-4-2-1-3-5-6;1-2/h1-4,6-8,10,13,22H,5,9,11-12H2;1-4,6-8,10,12,19,23H,5,9,11,13H2;1,3,5,8,16H,2,4,6-7,9H2;1-5H;1-2H2. The van der Waals surface area contributed by atoms with E-state index in [9.17, 15) is 29.1 Å². The van der Waals surface area contributed by atoms with E-state index >= 15 is 0 Å². The first-order chi connectivity index (χ1) is 37.6. The van der Waals surface area contributed by atoms with Crippen molar-refractivity contribution in [2.75, 3.05) is 19.8 Å². The molecular weight excluding hydrogens is 988 g/mol. The van der Waals surface area contributed by atoms with E-state index in [1.165, 1.54) is 38.5 Å². The van der Waals surface area contributed by atoms with Gasteiger partial charge in [-0.3, -0.25) is 35.7 Å². The Labute approximate surface area is 451 Å². The molecule has 0 saturated carbocycles. The number of hydrogen-bond donors (Lipinski definition) is 5. The number of hydrazine groups is 1. The molecule has 77 heavy (non-hydrogen) atoms. The molecule has 0 spiro atoms. The number of nitrogens with zero attached hydrogens (tertiary/aromatic N) is 3. The van der Waals surface area contributed by atoms with Crippen molar-refractivity contribution < 1.29 is 34.2 Å². The number of Topliss-reactive ketones (excluding diaryl/α,β-unsaturated/α-hetero) is 4. The number of rotatable bonds is 11. The van der Waals surface area contributed by atoms with E-state index in [1.807, 2.05) is 48.7 Å². The second kappa shape index (κ2) is 24.7. The van der Waals surface area contributed by atoms with Gasteiger partial charge in [0, 0.05) is 77.5 Å². The number of hydrogen-bond acceptors (Lipinski definition) is 10. The third-order valence-corrected chi connectivity index (χ3v) is 14.8. The fraction of sp³-hybridized carbons (Fsp3) is 0.222. The summed E-state index contributed by atoms with van der Waals surface area (Å²) in [5.74, 6) is 6.37. The van der Waals surface area contributed by atoms with Crippen LogP contribution < -0.4 is 17.0 Å². The molecule has 4 aliphatic rings. The van der Waals surface area contributed by atoms with Gasteiger partial charge in [-0.2, -0.15) is 0 Å². The van der Waals surface area contributed by atoms with Crippen LogP contribution >= 0.6 is 11.6 Å². The van der Waals surface area contributed by atoms with Crippen LogP contribution in [0, 0.1) is 0 Å². The molecule has 9 aromatic rings. The van der Waals surface area contributed by atoms with Crippen molar-refractivity contribution in [1.29, 1.82) is 0 Å². The van der Waals surface area contributed by atoms with Crippen LogP contribution in [-0.4, -0.2) is 72.0 Å². The fourth-order valence-electron chi connectivity index (χ4n) is 11.2. The first-order valence-electron chi connectivity index (χ1n) is 25.9. The average Bonchev–Trinajstić information content (AvgIpc) is 4.43. The summed E-state index contributed by atoms with van der Waals surface area (Å²) in [7, 11) is 0. The van der Waals surface area contributed by atoms with Gasteiger partial charge >= 0.3 is 0 Å². The lowest BCUT2D eigenvalue weighted by Crippen LogP contribution is -2.24. The van der Waals surface area contributed by atoms with Gasteiger partial charge in [-0.15, -0.1) is 0 Å². The molecule has 4 aliphatic heterocycles. The van der Waals surface area contributed by atoms with E-state index in [4.69, 9.17) is 16.7 Å². The molecule has 0 saturated heterocycles. The van der Waals surface area contributed by atoms with Gasteiger partial charge in [-0.05, 0) is 83.5 Å². The maximum absolute atomic E-state index is 13.0. The summed E-state index contributed by atoms with van der Waals surface area (Å²) in [6, 6.07) is 46.5. The Morgan fingerprint density at radius 2 is 1.06 bits per heavy atom. The van der Waals surface area contributed by atoms with Gasteiger partial charge in [0.15, 0.2) is 23.1 Å². The monoisotopic (exact) mass is 1050 g/mol. The molecule has 392 valence electrons. The molecule has 7 N–H and O–H groups in total. The Morgan fingerprint density at radius 3 is 1.61 bits per heavy atom. The third-order valence-electron chi connectivity index (χ3n) is 14.6. The summed E-state index contributed by atoms with van der Waals surface area (Å²) in [5, 5.41) is 24.5. The summed E-state index contributed by atoms with van der Waals surface area (Å²) in [4.78, 5) is 60.0. The highest BCUT2D eigenvalue weighted by atomic mass is 35.5. The van der Waals surface area contributed by atoms with Crippen molar-refractivity contribution in [3.8, 4) is 0 Å². The highest BCUT2D eigenvalue weighted by molar-refractivity contribution is 6.67. The molecule has 13 rings (SSSR count). The maximum atomic E-state index is 13.0. The summed E-state index contributed by atoms with van der Waals surface area (Å²) in [5.41, 5.74) is 14.4. The number of para-hydroxylation sites is 3. The molecule has 1 unspecified atom stereocenters. The number of aromatic nitrogens is 3. The molecule has 1 atom stereocenters. The van der Waals surface area contributed by atoms with E-state index in [1.54, 1.807) is 48.5 Å². The van der Waals surface area contributed by atoms with Crippen molar-refractivity contribution in [3.05, 3.63) is 214 Å². The summed E-state index contributed by atoms with van der Waals surface area (Å²) in [6.07, 6.45) is 13.1. The van der Waals surface area contributed by atoms with Crippen molar-refractivity contribution >= 4 is 84.0 Å². The number of aliphatic hydroxyl groups is 2. The van der Waals surface area contributed by atoms with E-state index in [-0.39, 0.29) is 24.0 Å². The van der Waals surface area contributed by atoms with Crippen LogP contribution in [-0.2, 0) is 59.7 Å². The number of ketones is 4. The Hall–Kier alpha value is -8.04. The van der Waals surface area contributed by atoms with Crippen LogP contribution in [0.4, 0.5) is 0 Å². The van der Waals surface area contributed by atoms with Crippen LogP contribution in [0.15, 0.2) is 164 Å². The van der Waals surface area contributed by atoms with Gasteiger partial charge in [-0.1, -0.05) is 146 Å². The molecule has 6 aromatic carbocycles. The minimum Gasteiger partial charge on any atom is -0.389 e. The van der Waals surface area contributed by atoms with Crippen molar-refractivity contribution in [3.63, 3.8) is 0 Å². The predicted molar refractivity (Wildman–Crippen MR) is 303 cm³/mol. The van der Waals surface area contributed by atoms with E-state index in [2.05, 4.69) is 97.7 Å². The van der Waals surface area contributed by atoms with E-state index in [0.717, 1.165) is 97.0 Å². The molecule has 0 amide bonds. The molecule has 14 heteroatoms. The second-order valence-electron chi connectivity index (χ2n) is 19.3. The zero-order chi connectivity index (χ0) is 54.0. The van der Waals surface area contributed by atoms with Crippen molar-refractivity contribution in [1.82, 2.24) is 19.0 Å². The molecule has 0 aliphatic carbocycles. The summed E-state index contributed by atoms with van der Waals surface area (Å²) >= 11 is 5.16. The number of aryl methyl sites for hydroxylation is 6. The number of carbonyl (C=O) groups is 5. The Morgan fingerprint density at radius 1 is 0.571 bits per heavy atom. The Kier molecular flexibility index (Phi) is 17.3. The number of aliphatic hydroxyl groups excluding tert-OH is 2. The zero-order valence-corrected chi connectivity index (χ0v) is 43.4. The number of benzene rings is 6. The predicted octanol–water partition coefficient (Wildman–Crippen LogP) is 9.32. The topological polar surface area (TPSA) is 205 Å². The normalized spacial score (nSPS) is 14.2. The smallest absolute Gasteiger partial charge is 0.252 e. The lowest BCUT2D eigenvalue weighted by Gasteiger charge is -2.15. The van der Waals surface area contributed by atoms with Crippen LogP contribution in [0.25, 0.3) is 44.0 Å². The van der Waals surface area contributed by atoms with Gasteiger partial charge in [0.25, 0.3) is 5.24 Å². The number of nitrogens with one attached hydrogen (secondary N) is 1. The largest absolute Gasteiger partial charge is 0.389 e. The minimum absolute atomic E-state index is 0.117. The molecule has 0 fully saturated rings. The number of nitrogens with two attached hydrogens (primary N) is 2. The summed E-state index contributed by atoms with van der Waals surface area (Å²) < 4.78 is 6.71. The zero-order valence-electron chi connectivity index (χ0n) is 42.7. The maximum Gasteiger partial charge on any atom is 0.252 e. The van der Waals surface area contributed by atoms with E-state index in [0.29, 0.717) is 29.7 Å². The first-order valence-corrected chi connectivity index (χ1v) is 26.3. The number of carbonyl (C=O) groups excluding carboxylic acids is 5. The highest BCUT2D eigenvalue weighted by Crippen LogP contribution is 2.39. The lowest BCUT2D eigenvalue weighted by molar-refractivity contribution is -0.122. The van der Waals surface area contributed by atoms with Gasteiger partial charge in [-0.25, -0.2) is 0 Å². The summed E-state index contributed by atoms with van der Waals surface area (Å²) in [6.45, 7) is 2.31. The van der Waals surface area contributed by atoms with Crippen molar-refractivity contribution in [2.45, 2.75) is 70.5 Å². The quantitative estimate of drug-likeness (QED) is 0.0273. The Balaban J connectivity index is 0.000000130. The van der Waals surface area contributed by atoms with E-state index < -0.39 is 23.6 Å². The number of halogens is 1. The third kappa shape index (κ3) is 11.4. The lowest BCUT2D eigenvalue weighted by atomic mass is 9.87. The minimum atomic E-state index is -0.968. The average molecular weight is 1050 g/mol. The molecule has 7 heterocycles. The second-order valence-corrected chi connectivity index (χ2v) is 19.6. The Bertz CT molecular complexity index is 3650. The molecule has 0 radical (unpaired) electrons. The van der Waals surface area contributed by atoms with Crippen molar-refractivity contribution in [2.24, 2.45) is 11.7 Å². The SMILES string of the molecule is NN.O=C(CO)C(C(=O)c1ccccc1)c1cn2c3c(cccc13)CCC2.O=C(CO)Cc1cn2c3c(cccc13)CCC2.O=C(Cl)c1ccccc1.O=C1CNC(c2ccccc2)=C1c1cn2c3c(cccc13)CCC2. The highest BCUT2D eigenvalue weighted by Gasteiger charge is 2.33. The van der Waals surface area contributed by atoms with Crippen LogP contribution in [0.1, 0.15) is 84.8 Å². The van der Waals surface area contributed by atoms with Crippen LogP contribution in [0.2, 0.25) is 0 Å². The van der Waals surface area contributed by atoms with Gasteiger partial charge in [0.2, 0.25) is 0 Å². The molecule has 0 bridgehead atoms. The first kappa shape index (κ1) is 53.8. The van der Waals surface area contributed by atoms with Gasteiger partial charge in [0.1, 0.15) is 19.1 Å². The fourth-order valence-corrected chi connectivity index (χ4v) is 11.3. The molecule has 3 aromatic heterocycles. The van der Waals surface area contributed by atoms with Crippen LogP contribution in [0.5, 0.6) is 0 Å². The van der Waals surface area contributed by atoms with Crippen LogP contribution in [0.3, 0.4) is 0 Å². The van der Waals surface area contributed by atoms with Gasteiger partial charge in [0.05, 0.1) is 34.4 Å². The molecular formula is C63H61ClN6O7.